The fraction of sp³-hybridized carbons (Fsp3) is 0.167. The standard InChI is InChI=1S/C6H5N3O4/c10-2-1-8-4-5(9(12)13)3-7-6(8)11/h2-4H,1H2. The van der Waals surface area contributed by atoms with E-state index in [4.69, 9.17) is 0 Å². The highest BCUT2D eigenvalue weighted by Gasteiger charge is 2.07. The van der Waals surface area contributed by atoms with Crippen molar-refractivity contribution < 1.29 is 9.72 Å². The maximum absolute atomic E-state index is 10.9. The molecule has 1 aromatic heterocycles. The van der Waals surface area contributed by atoms with Gasteiger partial charge < -0.3 is 4.79 Å². The number of rotatable bonds is 3. The van der Waals surface area contributed by atoms with Gasteiger partial charge in [0.1, 0.15) is 12.5 Å². The number of aromatic nitrogens is 2. The van der Waals surface area contributed by atoms with Crippen molar-refractivity contribution in [2.75, 3.05) is 0 Å². The Bertz CT molecular complexity index is 397. The molecule has 0 aromatic carbocycles. The molecule has 1 heterocycles. The zero-order valence-corrected chi connectivity index (χ0v) is 6.41. The molecule has 1 rings (SSSR count). The van der Waals surface area contributed by atoms with Gasteiger partial charge in [0.25, 0.3) is 0 Å². The Morgan fingerprint density at radius 3 is 2.92 bits per heavy atom. The van der Waals surface area contributed by atoms with Gasteiger partial charge in [-0.15, -0.1) is 0 Å². The highest BCUT2D eigenvalue weighted by Crippen LogP contribution is 2.03. The van der Waals surface area contributed by atoms with Gasteiger partial charge in [-0.05, 0) is 0 Å². The van der Waals surface area contributed by atoms with E-state index in [0.29, 0.717) is 6.29 Å². The Balaban J connectivity index is 3.18. The van der Waals surface area contributed by atoms with Crippen molar-refractivity contribution in [3.63, 3.8) is 0 Å². The molecule has 7 nitrogen and oxygen atoms in total. The van der Waals surface area contributed by atoms with E-state index in [-0.39, 0.29) is 12.2 Å². The first-order valence-electron chi connectivity index (χ1n) is 3.29. The third kappa shape index (κ3) is 1.95. The summed E-state index contributed by atoms with van der Waals surface area (Å²) in [6.07, 6.45) is 2.29. The smallest absolute Gasteiger partial charge is 0.301 e. The lowest BCUT2D eigenvalue weighted by atomic mass is 10.5. The fourth-order valence-electron chi connectivity index (χ4n) is 0.749. The van der Waals surface area contributed by atoms with Gasteiger partial charge in [0.2, 0.25) is 0 Å². The average molecular weight is 183 g/mol. The van der Waals surface area contributed by atoms with E-state index in [2.05, 4.69) is 4.98 Å². The van der Waals surface area contributed by atoms with Crippen LogP contribution in [0.4, 0.5) is 5.69 Å². The van der Waals surface area contributed by atoms with Crippen molar-refractivity contribution in [3.05, 3.63) is 33.0 Å². The lowest BCUT2D eigenvalue weighted by Crippen LogP contribution is -2.22. The SMILES string of the molecule is O=CCn1cc([N+](=O)[O-])cnc1=O. The van der Waals surface area contributed by atoms with E-state index >= 15 is 0 Å². The van der Waals surface area contributed by atoms with E-state index in [9.17, 15) is 19.7 Å². The first kappa shape index (κ1) is 9.04. The maximum Gasteiger partial charge on any atom is 0.348 e. The molecule has 68 valence electrons. The van der Waals surface area contributed by atoms with E-state index in [1.807, 2.05) is 0 Å². The lowest BCUT2D eigenvalue weighted by Gasteiger charge is -1.97. The number of nitro groups is 1. The third-order valence-corrected chi connectivity index (χ3v) is 1.32. The fourth-order valence-corrected chi connectivity index (χ4v) is 0.749. The van der Waals surface area contributed by atoms with E-state index in [1.165, 1.54) is 0 Å². The van der Waals surface area contributed by atoms with Crippen molar-refractivity contribution in [2.24, 2.45) is 0 Å². The normalized spacial score (nSPS) is 9.54. The molecule has 0 N–H and O–H groups in total. The molecule has 0 spiro atoms. The highest BCUT2D eigenvalue weighted by molar-refractivity contribution is 5.49. The van der Waals surface area contributed by atoms with Crippen LogP contribution in [0.25, 0.3) is 0 Å². The molecule has 0 aliphatic carbocycles. The molecule has 0 saturated heterocycles. The van der Waals surface area contributed by atoms with Crippen LogP contribution in [0.5, 0.6) is 0 Å². The number of carbonyl (C=O) groups is 1. The van der Waals surface area contributed by atoms with Crippen molar-refractivity contribution >= 4 is 12.0 Å². The van der Waals surface area contributed by atoms with Crippen LogP contribution in [0.3, 0.4) is 0 Å². The summed E-state index contributed by atoms with van der Waals surface area (Å²) >= 11 is 0. The third-order valence-electron chi connectivity index (χ3n) is 1.32. The minimum atomic E-state index is -0.687. The Morgan fingerprint density at radius 2 is 2.38 bits per heavy atom. The molecule has 0 radical (unpaired) electrons. The second-order valence-electron chi connectivity index (χ2n) is 2.17. The number of aldehydes is 1. The molecule has 13 heavy (non-hydrogen) atoms. The summed E-state index contributed by atoms with van der Waals surface area (Å²) in [4.78, 5) is 33.7. The van der Waals surface area contributed by atoms with E-state index in [1.54, 1.807) is 0 Å². The summed E-state index contributed by atoms with van der Waals surface area (Å²) in [5.41, 5.74) is -1.00. The molecule has 7 heteroatoms. The molecular weight excluding hydrogens is 178 g/mol. The zero-order valence-electron chi connectivity index (χ0n) is 6.41. The predicted molar refractivity (Wildman–Crippen MR) is 41.2 cm³/mol. The van der Waals surface area contributed by atoms with Crippen LogP contribution in [-0.2, 0) is 11.3 Å². The van der Waals surface area contributed by atoms with Crippen LogP contribution < -0.4 is 5.69 Å². The monoisotopic (exact) mass is 183 g/mol. The zero-order chi connectivity index (χ0) is 9.84. The second-order valence-corrected chi connectivity index (χ2v) is 2.17. The molecular formula is C6H5N3O4. The van der Waals surface area contributed by atoms with Gasteiger partial charge in [-0.1, -0.05) is 0 Å². The first-order chi connectivity index (χ1) is 6.15. The van der Waals surface area contributed by atoms with Gasteiger partial charge in [0.05, 0.1) is 17.7 Å². The van der Waals surface area contributed by atoms with Crippen LogP contribution in [0.15, 0.2) is 17.2 Å². The van der Waals surface area contributed by atoms with Crippen LogP contribution in [-0.4, -0.2) is 20.8 Å². The summed E-state index contributed by atoms with van der Waals surface area (Å²) in [5, 5.41) is 10.2. The Kier molecular flexibility index (Phi) is 2.48. The first-order valence-corrected chi connectivity index (χ1v) is 3.29. The van der Waals surface area contributed by atoms with Gasteiger partial charge in [0.15, 0.2) is 0 Å². The van der Waals surface area contributed by atoms with Crippen molar-refractivity contribution in [2.45, 2.75) is 6.54 Å². The summed E-state index contributed by atoms with van der Waals surface area (Å²) in [7, 11) is 0. The largest absolute Gasteiger partial charge is 0.348 e. The van der Waals surface area contributed by atoms with Gasteiger partial charge in [-0.3, -0.25) is 14.7 Å². The van der Waals surface area contributed by atoms with E-state index in [0.717, 1.165) is 17.0 Å². The minimum Gasteiger partial charge on any atom is -0.301 e. The highest BCUT2D eigenvalue weighted by atomic mass is 16.6. The van der Waals surface area contributed by atoms with Crippen molar-refractivity contribution in [1.29, 1.82) is 0 Å². The number of hydrogen-bond acceptors (Lipinski definition) is 5. The quantitative estimate of drug-likeness (QED) is 0.352. The summed E-state index contributed by atoms with van der Waals surface area (Å²) in [5.74, 6) is 0. The molecule has 0 atom stereocenters. The Morgan fingerprint density at radius 1 is 1.69 bits per heavy atom. The van der Waals surface area contributed by atoms with Gasteiger partial charge in [-0.25, -0.2) is 4.79 Å². The van der Waals surface area contributed by atoms with Gasteiger partial charge in [-0.2, -0.15) is 4.98 Å². The lowest BCUT2D eigenvalue weighted by molar-refractivity contribution is -0.385. The molecule has 0 fully saturated rings. The molecule has 0 bridgehead atoms. The molecule has 0 aliphatic rings. The average Bonchev–Trinajstić information content (AvgIpc) is 2.08. The Hall–Kier alpha value is -2.05. The van der Waals surface area contributed by atoms with Crippen LogP contribution in [0.1, 0.15) is 0 Å². The van der Waals surface area contributed by atoms with Gasteiger partial charge in [0, 0.05) is 0 Å². The molecule has 1 aromatic rings. The van der Waals surface area contributed by atoms with Crippen LogP contribution in [0.2, 0.25) is 0 Å². The number of carbonyl (C=O) groups excluding carboxylic acids is 1. The van der Waals surface area contributed by atoms with Crippen LogP contribution >= 0.6 is 0 Å². The van der Waals surface area contributed by atoms with Crippen LogP contribution in [0, 0.1) is 10.1 Å². The summed E-state index contributed by atoms with van der Waals surface area (Å²) in [6, 6.07) is 0. The maximum atomic E-state index is 10.9. The predicted octanol–water partition coefficient (Wildman–Crippen LogP) is -0.650. The van der Waals surface area contributed by atoms with E-state index < -0.39 is 10.6 Å². The molecule has 0 aliphatic heterocycles. The molecule has 0 saturated carbocycles. The molecule has 0 amide bonds. The summed E-state index contributed by atoms with van der Waals surface area (Å²) in [6.45, 7) is -0.229. The van der Waals surface area contributed by atoms with Gasteiger partial charge >= 0.3 is 11.4 Å². The van der Waals surface area contributed by atoms with Crippen molar-refractivity contribution in [3.8, 4) is 0 Å². The topological polar surface area (TPSA) is 95.1 Å². The Labute approximate surface area is 71.8 Å². The van der Waals surface area contributed by atoms with Crippen molar-refractivity contribution in [1.82, 2.24) is 9.55 Å². The number of nitrogens with zero attached hydrogens (tertiary/aromatic N) is 3. The summed E-state index contributed by atoms with van der Waals surface area (Å²) < 4.78 is 0.866. The second kappa shape index (κ2) is 3.57. The minimum absolute atomic E-state index is 0.229. The number of hydrogen-bond donors (Lipinski definition) is 0. The molecule has 0 unspecified atom stereocenters.